The zero-order valence-corrected chi connectivity index (χ0v) is 21.8. The molecular weight excluding hydrogens is 533 g/mol. The Hall–Kier alpha value is -2.14. The van der Waals surface area contributed by atoms with E-state index in [9.17, 15) is 9.59 Å². The fourth-order valence-corrected chi connectivity index (χ4v) is 5.00. The highest BCUT2D eigenvalue weighted by atomic mass is 127. The molecule has 3 aliphatic rings. The molecule has 1 saturated carbocycles. The van der Waals surface area contributed by atoms with Gasteiger partial charge >= 0.3 is 0 Å². The van der Waals surface area contributed by atoms with E-state index in [2.05, 4.69) is 32.7 Å². The molecule has 4 unspecified atom stereocenters. The molecule has 2 bridgehead atoms. The average Bonchev–Trinajstić information content (AvgIpc) is 3.46. The normalized spacial score (nSPS) is 25.5. The first-order chi connectivity index (χ1) is 15.5. The predicted octanol–water partition coefficient (Wildman–Crippen LogP) is 1.72. The standard InChI is InChI=1S/C24H33N5O3.HI/c1-25-24(27-15-18-6-4-5-7-19(18)32-13-12-28(2)3)26-10-11-29-22(30)20-16-8-9-17(14-16)21(20)23(29)31;/h4-9,16-17,20-21H,10-15H2,1-3H3,(H2,25,26,27);1H. The van der Waals surface area contributed by atoms with Gasteiger partial charge in [0.2, 0.25) is 11.8 Å². The van der Waals surface area contributed by atoms with Gasteiger partial charge in [-0.2, -0.15) is 0 Å². The Morgan fingerprint density at radius 3 is 2.42 bits per heavy atom. The third-order valence-electron chi connectivity index (χ3n) is 6.63. The Labute approximate surface area is 212 Å². The molecule has 33 heavy (non-hydrogen) atoms. The third kappa shape index (κ3) is 5.51. The first-order valence-electron chi connectivity index (χ1n) is 11.3. The maximum Gasteiger partial charge on any atom is 0.233 e. The van der Waals surface area contributed by atoms with Crippen LogP contribution in [0.2, 0.25) is 0 Å². The van der Waals surface area contributed by atoms with Gasteiger partial charge in [-0.15, -0.1) is 24.0 Å². The topological polar surface area (TPSA) is 86.3 Å². The molecule has 180 valence electrons. The number of hydrogen-bond acceptors (Lipinski definition) is 5. The van der Waals surface area contributed by atoms with Crippen molar-refractivity contribution in [2.45, 2.75) is 13.0 Å². The lowest BCUT2D eigenvalue weighted by atomic mass is 9.85. The van der Waals surface area contributed by atoms with Crippen LogP contribution in [-0.4, -0.2) is 75.0 Å². The lowest BCUT2D eigenvalue weighted by Gasteiger charge is -2.19. The zero-order valence-electron chi connectivity index (χ0n) is 19.5. The minimum absolute atomic E-state index is 0. The lowest BCUT2D eigenvalue weighted by Crippen LogP contribution is -2.43. The van der Waals surface area contributed by atoms with E-state index >= 15 is 0 Å². The fraction of sp³-hybridized carbons (Fsp3) is 0.542. The monoisotopic (exact) mass is 567 g/mol. The number of allylic oxidation sites excluding steroid dienone is 2. The number of carbonyl (C=O) groups excluding carboxylic acids is 2. The van der Waals surface area contributed by atoms with Gasteiger partial charge in [-0.25, -0.2) is 0 Å². The summed E-state index contributed by atoms with van der Waals surface area (Å²) in [5.74, 6) is 1.66. The highest BCUT2D eigenvalue weighted by Gasteiger charge is 2.58. The third-order valence-corrected chi connectivity index (χ3v) is 6.63. The van der Waals surface area contributed by atoms with Crippen LogP contribution in [0.5, 0.6) is 5.75 Å². The van der Waals surface area contributed by atoms with Crippen LogP contribution < -0.4 is 15.4 Å². The van der Waals surface area contributed by atoms with E-state index in [1.165, 1.54) is 4.90 Å². The van der Waals surface area contributed by atoms with Crippen molar-refractivity contribution in [1.29, 1.82) is 0 Å². The van der Waals surface area contributed by atoms with Crippen LogP contribution in [0.15, 0.2) is 41.4 Å². The van der Waals surface area contributed by atoms with Crippen LogP contribution in [-0.2, 0) is 16.1 Å². The molecule has 4 rings (SSSR count). The lowest BCUT2D eigenvalue weighted by molar-refractivity contribution is -0.140. The number of nitrogens with one attached hydrogen (secondary N) is 2. The minimum Gasteiger partial charge on any atom is -0.492 e. The molecule has 1 saturated heterocycles. The molecule has 4 atom stereocenters. The summed E-state index contributed by atoms with van der Waals surface area (Å²) in [7, 11) is 5.74. The van der Waals surface area contributed by atoms with Crippen LogP contribution in [0.1, 0.15) is 12.0 Å². The Balaban J connectivity index is 0.00000306. The fourth-order valence-electron chi connectivity index (χ4n) is 5.00. The summed E-state index contributed by atoms with van der Waals surface area (Å²) >= 11 is 0. The molecular formula is C24H34IN5O3. The number of likely N-dealkylation sites (N-methyl/N-ethyl adjacent to an activating group) is 1. The van der Waals surface area contributed by atoms with Crippen molar-refractivity contribution >= 4 is 41.8 Å². The van der Waals surface area contributed by atoms with Gasteiger partial charge in [0.25, 0.3) is 0 Å². The molecule has 1 heterocycles. The van der Waals surface area contributed by atoms with E-state index in [0.29, 0.717) is 32.2 Å². The summed E-state index contributed by atoms with van der Waals surface area (Å²) in [6.45, 7) is 2.83. The van der Waals surface area contributed by atoms with Gasteiger partial charge in [0.15, 0.2) is 5.96 Å². The number of likely N-dealkylation sites (tertiary alicyclic amines) is 1. The second-order valence-electron chi connectivity index (χ2n) is 8.94. The SMILES string of the molecule is CN=C(NCCN1C(=O)C2C3C=CC(C3)C2C1=O)NCc1ccccc1OCCN(C)C.I. The predicted molar refractivity (Wildman–Crippen MR) is 139 cm³/mol. The Morgan fingerprint density at radius 1 is 1.12 bits per heavy atom. The van der Waals surface area contributed by atoms with Crippen molar-refractivity contribution < 1.29 is 14.3 Å². The number of halogens is 1. The van der Waals surface area contributed by atoms with E-state index < -0.39 is 0 Å². The number of imide groups is 1. The molecule has 1 aromatic carbocycles. The number of para-hydroxylation sites is 1. The number of amides is 2. The summed E-state index contributed by atoms with van der Waals surface area (Å²) in [5.41, 5.74) is 1.04. The number of rotatable bonds is 9. The van der Waals surface area contributed by atoms with Crippen molar-refractivity contribution in [2.75, 3.05) is 47.4 Å². The first-order valence-corrected chi connectivity index (χ1v) is 11.3. The number of guanidine groups is 1. The number of fused-ring (bicyclic) bond motifs is 5. The molecule has 9 heteroatoms. The Bertz CT molecular complexity index is 889. The first kappa shape index (κ1) is 25.5. The van der Waals surface area contributed by atoms with Gasteiger partial charge in [-0.05, 0) is 38.4 Å². The van der Waals surface area contributed by atoms with E-state index in [0.717, 1.165) is 24.3 Å². The van der Waals surface area contributed by atoms with E-state index in [1.807, 2.05) is 38.4 Å². The van der Waals surface area contributed by atoms with Crippen LogP contribution in [0, 0.1) is 23.7 Å². The van der Waals surface area contributed by atoms with Gasteiger partial charge in [0, 0.05) is 38.8 Å². The van der Waals surface area contributed by atoms with Crippen molar-refractivity contribution in [3.8, 4) is 5.75 Å². The number of benzene rings is 1. The molecule has 0 aromatic heterocycles. The van der Waals surface area contributed by atoms with E-state index in [-0.39, 0.29) is 59.5 Å². The van der Waals surface area contributed by atoms with Crippen molar-refractivity contribution in [3.05, 3.63) is 42.0 Å². The molecule has 0 spiro atoms. The summed E-state index contributed by atoms with van der Waals surface area (Å²) in [6.07, 6.45) is 5.19. The molecule has 8 nitrogen and oxygen atoms in total. The Kier molecular flexibility index (Phi) is 8.75. The Morgan fingerprint density at radius 2 is 1.79 bits per heavy atom. The molecule has 1 aromatic rings. The van der Waals surface area contributed by atoms with Crippen LogP contribution in [0.25, 0.3) is 0 Å². The molecule has 0 radical (unpaired) electrons. The summed E-state index contributed by atoms with van der Waals surface area (Å²) < 4.78 is 5.92. The van der Waals surface area contributed by atoms with Crippen LogP contribution in [0.4, 0.5) is 0 Å². The number of nitrogens with zero attached hydrogens (tertiary/aromatic N) is 3. The maximum absolute atomic E-state index is 12.8. The molecule has 2 N–H and O–H groups in total. The van der Waals surface area contributed by atoms with Crippen LogP contribution >= 0.6 is 24.0 Å². The summed E-state index contributed by atoms with van der Waals surface area (Å²) in [6, 6.07) is 7.93. The number of aliphatic imine (C=N–C) groups is 1. The van der Waals surface area contributed by atoms with Gasteiger partial charge in [-0.1, -0.05) is 30.4 Å². The highest BCUT2D eigenvalue weighted by Crippen LogP contribution is 2.52. The van der Waals surface area contributed by atoms with Crippen molar-refractivity contribution in [2.24, 2.45) is 28.7 Å². The zero-order chi connectivity index (χ0) is 22.7. The van der Waals surface area contributed by atoms with Gasteiger partial charge in [-0.3, -0.25) is 19.5 Å². The molecule has 2 aliphatic carbocycles. The van der Waals surface area contributed by atoms with Gasteiger partial charge < -0.3 is 20.3 Å². The molecule has 2 amide bonds. The van der Waals surface area contributed by atoms with Crippen molar-refractivity contribution in [1.82, 2.24) is 20.4 Å². The average molecular weight is 567 g/mol. The van der Waals surface area contributed by atoms with Gasteiger partial charge in [0.05, 0.1) is 11.8 Å². The van der Waals surface area contributed by atoms with Crippen molar-refractivity contribution in [3.63, 3.8) is 0 Å². The van der Waals surface area contributed by atoms with Gasteiger partial charge in [0.1, 0.15) is 12.4 Å². The van der Waals surface area contributed by atoms with E-state index in [1.54, 1.807) is 7.05 Å². The van der Waals surface area contributed by atoms with E-state index in [4.69, 9.17) is 4.74 Å². The smallest absolute Gasteiger partial charge is 0.233 e. The molecule has 1 aliphatic heterocycles. The maximum atomic E-state index is 12.8. The summed E-state index contributed by atoms with van der Waals surface area (Å²) in [4.78, 5) is 33.4. The summed E-state index contributed by atoms with van der Waals surface area (Å²) in [5, 5.41) is 6.51. The second-order valence-corrected chi connectivity index (χ2v) is 8.94. The largest absolute Gasteiger partial charge is 0.492 e. The number of hydrogen-bond donors (Lipinski definition) is 2. The highest BCUT2D eigenvalue weighted by molar-refractivity contribution is 14.0. The second kappa shape index (κ2) is 11.3. The molecule has 2 fully saturated rings. The van der Waals surface area contributed by atoms with Crippen LogP contribution in [0.3, 0.4) is 0 Å². The quantitative estimate of drug-likeness (QED) is 0.156. The number of carbonyl (C=O) groups is 2. The number of ether oxygens (including phenoxy) is 1. The minimum atomic E-state index is -0.140.